The Bertz CT molecular complexity index is 246. The van der Waals surface area contributed by atoms with Gasteiger partial charge in [0, 0.05) is 18.7 Å². The number of ether oxygens (including phenoxy) is 1. The first-order chi connectivity index (χ1) is 8.84. The maximum Gasteiger partial charge on any atom is 0.246 e. The van der Waals surface area contributed by atoms with Crippen molar-refractivity contribution in [1.82, 2.24) is 10.6 Å². The van der Waals surface area contributed by atoms with Gasteiger partial charge >= 0.3 is 0 Å². The first-order valence-electron chi connectivity index (χ1n) is 7.45. The first-order valence-corrected chi connectivity index (χ1v) is 7.45. The summed E-state index contributed by atoms with van der Waals surface area (Å²) in [7, 11) is 0. The van der Waals surface area contributed by atoms with Crippen LogP contribution in [0.3, 0.4) is 0 Å². The number of rotatable bonds is 6. The monoisotopic (exact) mass is 254 g/mol. The minimum atomic E-state index is 0.0542. The molecule has 1 atom stereocenters. The van der Waals surface area contributed by atoms with E-state index in [9.17, 15) is 4.79 Å². The molecule has 1 saturated carbocycles. The molecule has 0 aromatic rings. The van der Waals surface area contributed by atoms with Gasteiger partial charge < -0.3 is 15.4 Å². The predicted octanol–water partition coefficient (Wildman–Crippen LogP) is 1.59. The van der Waals surface area contributed by atoms with Crippen molar-refractivity contribution in [3.8, 4) is 0 Å². The quantitative estimate of drug-likeness (QED) is 0.708. The van der Waals surface area contributed by atoms with E-state index in [1.165, 1.54) is 32.1 Å². The standard InChI is InChI=1S/C14H26N2O2/c17-14(16-13-6-1-2-7-13)11-18-10-8-12-5-3-4-9-15-12/h12-13,15H,1-11H2,(H,16,17). The zero-order valence-corrected chi connectivity index (χ0v) is 11.2. The lowest BCUT2D eigenvalue weighted by atomic mass is 10.0. The fourth-order valence-corrected chi connectivity index (χ4v) is 2.90. The maximum absolute atomic E-state index is 11.6. The summed E-state index contributed by atoms with van der Waals surface area (Å²) < 4.78 is 5.46. The summed E-state index contributed by atoms with van der Waals surface area (Å²) in [5, 5.41) is 6.52. The lowest BCUT2D eigenvalue weighted by Crippen LogP contribution is -2.37. The SMILES string of the molecule is O=C(COCCC1CCCCN1)NC1CCCC1. The molecule has 1 heterocycles. The van der Waals surface area contributed by atoms with Crippen LogP contribution in [0.4, 0.5) is 0 Å². The number of hydrogen-bond donors (Lipinski definition) is 2. The summed E-state index contributed by atoms with van der Waals surface area (Å²) in [5.74, 6) is 0.0542. The van der Waals surface area contributed by atoms with Gasteiger partial charge in [0.1, 0.15) is 6.61 Å². The fraction of sp³-hybridized carbons (Fsp3) is 0.929. The molecule has 0 radical (unpaired) electrons. The molecule has 1 aliphatic heterocycles. The first kappa shape index (κ1) is 13.8. The number of piperidine rings is 1. The Hall–Kier alpha value is -0.610. The Morgan fingerprint density at radius 3 is 2.67 bits per heavy atom. The summed E-state index contributed by atoms with van der Waals surface area (Å²) >= 11 is 0. The van der Waals surface area contributed by atoms with E-state index in [2.05, 4.69) is 10.6 Å². The Kier molecular flexibility index (Phi) is 5.94. The highest BCUT2D eigenvalue weighted by Gasteiger charge is 2.17. The topological polar surface area (TPSA) is 50.4 Å². The van der Waals surface area contributed by atoms with Crippen molar-refractivity contribution < 1.29 is 9.53 Å². The molecule has 1 unspecified atom stereocenters. The highest BCUT2D eigenvalue weighted by atomic mass is 16.5. The zero-order chi connectivity index (χ0) is 12.6. The van der Waals surface area contributed by atoms with Crippen LogP contribution < -0.4 is 10.6 Å². The molecule has 2 aliphatic rings. The lowest BCUT2D eigenvalue weighted by molar-refractivity contribution is -0.126. The van der Waals surface area contributed by atoms with Crippen LogP contribution in [0, 0.1) is 0 Å². The predicted molar refractivity (Wildman–Crippen MR) is 71.5 cm³/mol. The second-order valence-electron chi connectivity index (χ2n) is 5.54. The van der Waals surface area contributed by atoms with Gasteiger partial charge in [-0.2, -0.15) is 0 Å². The molecule has 2 fully saturated rings. The van der Waals surface area contributed by atoms with Gasteiger partial charge in [-0.1, -0.05) is 19.3 Å². The summed E-state index contributed by atoms with van der Waals surface area (Å²) in [6.45, 7) is 2.05. The van der Waals surface area contributed by atoms with Crippen molar-refractivity contribution in [2.45, 2.75) is 63.5 Å². The van der Waals surface area contributed by atoms with Crippen molar-refractivity contribution >= 4 is 5.91 Å². The van der Waals surface area contributed by atoms with Gasteiger partial charge in [0.15, 0.2) is 0 Å². The van der Waals surface area contributed by atoms with Crippen LogP contribution in [-0.4, -0.2) is 37.7 Å². The second kappa shape index (κ2) is 7.74. The molecule has 1 aliphatic carbocycles. The molecule has 0 aromatic heterocycles. The summed E-state index contributed by atoms with van der Waals surface area (Å²) in [6.07, 6.45) is 9.66. The number of carbonyl (C=O) groups excluding carboxylic acids is 1. The van der Waals surface area contributed by atoms with Gasteiger partial charge in [-0.05, 0) is 38.6 Å². The highest BCUT2D eigenvalue weighted by molar-refractivity contribution is 5.77. The van der Waals surface area contributed by atoms with Crippen LogP contribution in [0.2, 0.25) is 0 Å². The van der Waals surface area contributed by atoms with Crippen molar-refractivity contribution in [2.75, 3.05) is 19.8 Å². The highest BCUT2D eigenvalue weighted by Crippen LogP contribution is 2.17. The molecule has 0 aromatic carbocycles. The van der Waals surface area contributed by atoms with Gasteiger partial charge in [-0.3, -0.25) is 4.79 Å². The van der Waals surface area contributed by atoms with Crippen molar-refractivity contribution in [2.24, 2.45) is 0 Å². The zero-order valence-electron chi connectivity index (χ0n) is 11.2. The van der Waals surface area contributed by atoms with E-state index in [4.69, 9.17) is 4.74 Å². The van der Waals surface area contributed by atoms with Crippen LogP contribution in [-0.2, 0) is 9.53 Å². The number of nitrogens with one attached hydrogen (secondary N) is 2. The molecule has 18 heavy (non-hydrogen) atoms. The minimum Gasteiger partial charge on any atom is -0.372 e. The van der Waals surface area contributed by atoms with Gasteiger partial charge in [-0.25, -0.2) is 0 Å². The average molecular weight is 254 g/mol. The Morgan fingerprint density at radius 1 is 1.17 bits per heavy atom. The number of hydrogen-bond acceptors (Lipinski definition) is 3. The third kappa shape index (κ3) is 4.94. The van der Waals surface area contributed by atoms with E-state index in [0.29, 0.717) is 18.7 Å². The molecule has 0 spiro atoms. The van der Waals surface area contributed by atoms with Gasteiger partial charge in [0.25, 0.3) is 0 Å². The normalized spacial score (nSPS) is 25.2. The van der Waals surface area contributed by atoms with E-state index in [1.807, 2.05) is 0 Å². The molecule has 2 N–H and O–H groups in total. The Morgan fingerprint density at radius 2 is 1.94 bits per heavy atom. The smallest absolute Gasteiger partial charge is 0.246 e. The molecule has 1 saturated heterocycles. The molecule has 104 valence electrons. The molecule has 1 amide bonds. The van der Waals surface area contributed by atoms with Crippen molar-refractivity contribution in [3.63, 3.8) is 0 Å². The van der Waals surface area contributed by atoms with Gasteiger partial charge in [0.05, 0.1) is 0 Å². The largest absolute Gasteiger partial charge is 0.372 e. The van der Waals surface area contributed by atoms with Crippen LogP contribution in [0.15, 0.2) is 0 Å². The second-order valence-corrected chi connectivity index (χ2v) is 5.54. The molecule has 2 rings (SSSR count). The van der Waals surface area contributed by atoms with Gasteiger partial charge in [-0.15, -0.1) is 0 Å². The van der Waals surface area contributed by atoms with E-state index in [1.54, 1.807) is 0 Å². The lowest BCUT2D eigenvalue weighted by Gasteiger charge is -2.23. The van der Waals surface area contributed by atoms with E-state index in [-0.39, 0.29) is 12.5 Å². The summed E-state index contributed by atoms with van der Waals surface area (Å²) in [4.78, 5) is 11.6. The van der Waals surface area contributed by atoms with Crippen LogP contribution >= 0.6 is 0 Å². The molecular formula is C14H26N2O2. The number of amides is 1. The van der Waals surface area contributed by atoms with E-state index < -0.39 is 0 Å². The van der Waals surface area contributed by atoms with Gasteiger partial charge in [0.2, 0.25) is 5.91 Å². The molecule has 4 heteroatoms. The Labute approximate surface area is 110 Å². The fourth-order valence-electron chi connectivity index (χ4n) is 2.90. The number of carbonyl (C=O) groups is 1. The molecule has 4 nitrogen and oxygen atoms in total. The van der Waals surface area contributed by atoms with E-state index in [0.717, 1.165) is 25.8 Å². The van der Waals surface area contributed by atoms with Crippen molar-refractivity contribution in [3.05, 3.63) is 0 Å². The summed E-state index contributed by atoms with van der Waals surface area (Å²) in [5.41, 5.74) is 0. The molecular weight excluding hydrogens is 228 g/mol. The Balaban J connectivity index is 1.47. The van der Waals surface area contributed by atoms with Crippen LogP contribution in [0.5, 0.6) is 0 Å². The van der Waals surface area contributed by atoms with Crippen molar-refractivity contribution in [1.29, 1.82) is 0 Å². The third-order valence-corrected chi connectivity index (χ3v) is 3.98. The minimum absolute atomic E-state index is 0.0542. The van der Waals surface area contributed by atoms with E-state index >= 15 is 0 Å². The third-order valence-electron chi connectivity index (χ3n) is 3.98. The summed E-state index contributed by atoms with van der Waals surface area (Å²) in [6, 6.07) is 0.998. The van der Waals surface area contributed by atoms with Crippen LogP contribution in [0.1, 0.15) is 51.4 Å². The molecule has 0 bridgehead atoms. The average Bonchev–Trinajstić information content (AvgIpc) is 2.89. The van der Waals surface area contributed by atoms with Crippen LogP contribution in [0.25, 0.3) is 0 Å². The maximum atomic E-state index is 11.6.